The highest BCUT2D eigenvalue weighted by atomic mass is 16.5. The van der Waals surface area contributed by atoms with Crippen molar-refractivity contribution in [1.29, 1.82) is 0 Å². The molecule has 0 radical (unpaired) electrons. The number of hydrogen-bond donors (Lipinski definition) is 1. The average molecular weight is 249 g/mol. The highest BCUT2D eigenvalue weighted by molar-refractivity contribution is 5.81. The Balaban J connectivity index is 1.92. The van der Waals surface area contributed by atoms with Crippen LogP contribution in [0.5, 0.6) is 5.75 Å². The number of carbonyl (C=O) groups is 1. The minimum Gasteiger partial charge on any atom is -0.479 e. The smallest absolute Gasteiger partial charge is 0.263 e. The second-order valence-corrected chi connectivity index (χ2v) is 4.48. The summed E-state index contributed by atoms with van der Waals surface area (Å²) in [5.74, 6) is 0.655. The van der Waals surface area contributed by atoms with Crippen LogP contribution in [0.4, 0.5) is 0 Å². The van der Waals surface area contributed by atoms with E-state index in [-0.39, 0.29) is 5.91 Å². The third-order valence-electron chi connectivity index (χ3n) is 3.09. The lowest BCUT2D eigenvalue weighted by Crippen LogP contribution is -2.38. The lowest BCUT2D eigenvalue weighted by atomic mass is 10.3. The van der Waals surface area contributed by atoms with E-state index < -0.39 is 6.10 Å². The van der Waals surface area contributed by atoms with E-state index in [1.807, 2.05) is 11.0 Å². The van der Waals surface area contributed by atoms with Crippen molar-refractivity contribution in [3.05, 3.63) is 24.0 Å². The number of carbonyl (C=O) groups excluding carboxylic acids is 1. The van der Waals surface area contributed by atoms with Crippen LogP contribution in [0.25, 0.3) is 0 Å². The third kappa shape index (κ3) is 2.98. The molecule has 1 unspecified atom stereocenters. The van der Waals surface area contributed by atoms with Gasteiger partial charge in [0.2, 0.25) is 0 Å². The Kier molecular flexibility index (Phi) is 4.15. The van der Waals surface area contributed by atoms with Crippen LogP contribution in [0.3, 0.4) is 0 Å². The SMILES string of the molecule is CC(Oc1ccc(CN)nc1)C(=O)N1CCCC1. The molecule has 0 aliphatic carbocycles. The van der Waals surface area contributed by atoms with Gasteiger partial charge in [0.05, 0.1) is 11.9 Å². The minimum atomic E-state index is -0.464. The van der Waals surface area contributed by atoms with Gasteiger partial charge in [-0.25, -0.2) is 0 Å². The normalized spacial score (nSPS) is 16.7. The largest absolute Gasteiger partial charge is 0.479 e. The van der Waals surface area contributed by atoms with Crippen LogP contribution in [0, 0.1) is 0 Å². The molecule has 98 valence electrons. The number of aromatic nitrogens is 1. The van der Waals surface area contributed by atoms with Gasteiger partial charge in [-0.3, -0.25) is 9.78 Å². The lowest BCUT2D eigenvalue weighted by molar-refractivity contribution is -0.136. The lowest BCUT2D eigenvalue weighted by Gasteiger charge is -2.21. The fraction of sp³-hybridized carbons (Fsp3) is 0.538. The Hall–Kier alpha value is -1.62. The van der Waals surface area contributed by atoms with Crippen LogP contribution in [0.2, 0.25) is 0 Å². The van der Waals surface area contributed by atoms with Crippen molar-refractivity contribution in [2.75, 3.05) is 13.1 Å². The van der Waals surface area contributed by atoms with E-state index in [1.54, 1.807) is 19.2 Å². The molecule has 5 heteroatoms. The molecule has 0 aromatic carbocycles. The number of ether oxygens (including phenoxy) is 1. The fourth-order valence-electron chi connectivity index (χ4n) is 2.05. The molecule has 1 fully saturated rings. The molecule has 1 aliphatic rings. The van der Waals surface area contributed by atoms with Crippen LogP contribution in [-0.2, 0) is 11.3 Å². The Morgan fingerprint density at radius 3 is 2.78 bits per heavy atom. The van der Waals surface area contributed by atoms with Gasteiger partial charge in [-0.15, -0.1) is 0 Å². The van der Waals surface area contributed by atoms with E-state index in [0.29, 0.717) is 12.3 Å². The van der Waals surface area contributed by atoms with Gasteiger partial charge in [-0.2, -0.15) is 0 Å². The summed E-state index contributed by atoms with van der Waals surface area (Å²) >= 11 is 0. The van der Waals surface area contributed by atoms with E-state index >= 15 is 0 Å². The minimum absolute atomic E-state index is 0.0513. The molecule has 1 aromatic heterocycles. The van der Waals surface area contributed by atoms with Crippen LogP contribution >= 0.6 is 0 Å². The van der Waals surface area contributed by atoms with Crippen LogP contribution in [0.1, 0.15) is 25.5 Å². The summed E-state index contributed by atoms with van der Waals surface area (Å²) < 4.78 is 5.59. The maximum Gasteiger partial charge on any atom is 0.263 e. The molecule has 1 aromatic rings. The van der Waals surface area contributed by atoms with Gasteiger partial charge in [0.15, 0.2) is 6.10 Å². The van der Waals surface area contributed by atoms with Crippen molar-refractivity contribution in [1.82, 2.24) is 9.88 Å². The number of nitrogens with two attached hydrogens (primary N) is 1. The zero-order valence-corrected chi connectivity index (χ0v) is 10.6. The Morgan fingerprint density at radius 2 is 2.22 bits per heavy atom. The second kappa shape index (κ2) is 5.82. The quantitative estimate of drug-likeness (QED) is 0.862. The van der Waals surface area contributed by atoms with E-state index in [0.717, 1.165) is 31.6 Å². The van der Waals surface area contributed by atoms with Gasteiger partial charge in [-0.05, 0) is 31.9 Å². The molecule has 1 atom stereocenters. The van der Waals surface area contributed by atoms with Crippen molar-refractivity contribution < 1.29 is 9.53 Å². The van der Waals surface area contributed by atoms with Gasteiger partial charge in [-0.1, -0.05) is 0 Å². The molecular weight excluding hydrogens is 230 g/mol. The first-order chi connectivity index (χ1) is 8.70. The first kappa shape index (κ1) is 12.8. The van der Waals surface area contributed by atoms with Crippen molar-refractivity contribution in [3.63, 3.8) is 0 Å². The summed E-state index contributed by atoms with van der Waals surface area (Å²) in [7, 11) is 0. The van der Waals surface area contributed by atoms with Gasteiger partial charge in [0.25, 0.3) is 5.91 Å². The molecule has 2 N–H and O–H groups in total. The zero-order valence-electron chi connectivity index (χ0n) is 10.6. The number of nitrogens with zero attached hydrogens (tertiary/aromatic N) is 2. The Bertz CT molecular complexity index is 399. The van der Waals surface area contributed by atoms with Crippen LogP contribution in [-0.4, -0.2) is 35.0 Å². The topological polar surface area (TPSA) is 68.5 Å². The zero-order chi connectivity index (χ0) is 13.0. The monoisotopic (exact) mass is 249 g/mol. The van der Waals surface area contributed by atoms with Gasteiger partial charge < -0.3 is 15.4 Å². The summed E-state index contributed by atoms with van der Waals surface area (Å²) in [6.07, 6.45) is 3.32. The van der Waals surface area contributed by atoms with E-state index in [9.17, 15) is 4.79 Å². The van der Waals surface area contributed by atoms with Crippen molar-refractivity contribution >= 4 is 5.91 Å². The number of rotatable bonds is 4. The Morgan fingerprint density at radius 1 is 1.50 bits per heavy atom. The molecule has 1 saturated heterocycles. The number of amides is 1. The molecule has 0 saturated carbocycles. The van der Waals surface area contributed by atoms with Crippen molar-refractivity contribution in [3.8, 4) is 5.75 Å². The molecule has 5 nitrogen and oxygen atoms in total. The third-order valence-corrected chi connectivity index (χ3v) is 3.09. The number of pyridine rings is 1. The van der Waals surface area contributed by atoms with Gasteiger partial charge in [0, 0.05) is 19.6 Å². The fourth-order valence-corrected chi connectivity index (χ4v) is 2.05. The van der Waals surface area contributed by atoms with Crippen molar-refractivity contribution in [2.24, 2.45) is 5.73 Å². The van der Waals surface area contributed by atoms with Crippen molar-refractivity contribution in [2.45, 2.75) is 32.4 Å². The average Bonchev–Trinajstić information content (AvgIpc) is 2.92. The van der Waals surface area contributed by atoms with Crippen LogP contribution < -0.4 is 10.5 Å². The first-order valence-corrected chi connectivity index (χ1v) is 6.31. The van der Waals surface area contributed by atoms with E-state index in [4.69, 9.17) is 10.5 Å². The second-order valence-electron chi connectivity index (χ2n) is 4.48. The Labute approximate surface area is 107 Å². The maximum atomic E-state index is 12.0. The molecule has 1 aliphatic heterocycles. The van der Waals surface area contributed by atoms with Gasteiger partial charge >= 0.3 is 0 Å². The molecular formula is C13H19N3O2. The van der Waals surface area contributed by atoms with Gasteiger partial charge in [0.1, 0.15) is 5.75 Å². The standard InChI is InChI=1S/C13H19N3O2/c1-10(13(17)16-6-2-3-7-16)18-12-5-4-11(8-14)15-9-12/h4-5,9-10H,2-3,6-8,14H2,1H3. The predicted molar refractivity (Wildman–Crippen MR) is 68.0 cm³/mol. The predicted octanol–water partition coefficient (Wildman–Crippen LogP) is 0.930. The molecule has 18 heavy (non-hydrogen) atoms. The molecule has 2 rings (SSSR count). The first-order valence-electron chi connectivity index (χ1n) is 6.31. The summed E-state index contributed by atoms with van der Waals surface area (Å²) in [6.45, 7) is 3.87. The van der Waals surface area contributed by atoms with E-state index in [1.165, 1.54) is 0 Å². The van der Waals surface area contributed by atoms with Crippen LogP contribution in [0.15, 0.2) is 18.3 Å². The summed E-state index contributed by atoms with van der Waals surface area (Å²) in [5, 5.41) is 0. The maximum absolute atomic E-state index is 12.0. The molecule has 2 heterocycles. The number of likely N-dealkylation sites (tertiary alicyclic amines) is 1. The highest BCUT2D eigenvalue weighted by Gasteiger charge is 2.24. The summed E-state index contributed by atoms with van der Waals surface area (Å²) in [4.78, 5) is 18.0. The summed E-state index contributed by atoms with van der Waals surface area (Å²) in [6, 6.07) is 3.60. The van der Waals surface area contributed by atoms with E-state index in [2.05, 4.69) is 4.98 Å². The molecule has 0 bridgehead atoms. The summed E-state index contributed by atoms with van der Waals surface area (Å²) in [5.41, 5.74) is 6.27. The molecule has 1 amide bonds. The number of hydrogen-bond acceptors (Lipinski definition) is 4. The molecule has 0 spiro atoms. The highest BCUT2D eigenvalue weighted by Crippen LogP contribution is 2.14.